The minimum absolute atomic E-state index is 0. The third kappa shape index (κ3) is 22.8. The molecule has 0 aromatic rings. The molecule has 0 bridgehead atoms. The number of rotatable bonds is 0. The number of nitrogens with zero attached hydrogens (tertiary/aromatic N) is 1. The molecule has 0 aromatic heterocycles. The summed E-state index contributed by atoms with van der Waals surface area (Å²) in [5.74, 6) is 0. The first-order chi connectivity index (χ1) is 1.41. The van der Waals surface area contributed by atoms with E-state index in [2.05, 4.69) is 12.6 Å². The first-order valence-corrected chi connectivity index (χ1v) is 0.894. The van der Waals surface area contributed by atoms with E-state index >= 15 is 0 Å². The van der Waals surface area contributed by atoms with Crippen molar-refractivity contribution in [3.63, 3.8) is 0 Å². The second-order valence-corrected chi connectivity index (χ2v) is 0.300. The molecule has 0 rings (SSSR count). The van der Waals surface area contributed by atoms with Crippen LogP contribution in [0.1, 0.15) is 1.43 Å². The van der Waals surface area contributed by atoms with Crippen molar-refractivity contribution in [3.05, 3.63) is 0 Å². The summed E-state index contributed by atoms with van der Waals surface area (Å²) >= 11 is 3.09. The van der Waals surface area contributed by atoms with Crippen LogP contribution in [0, 0.1) is 10.7 Å². The van der Waals surface area contributed by atoms with Crippen molar-refractivity contribution in [1.29, 1.82) is 5.26 Å². The maximum atomic E-state index is 7.18. The normalized spacial score (nSPS) is 1.60. The van der Waals surface area contributed by atoms with Crippen LogP contribution in [0.3, 0.4) is 0 Å². The maximum Gasteiger partial charge on any atom is 1.00 e. The van der Waals surface area contributed by atoms with Gasteiger partial charge >= 0.3 is 51.4 Å². The van der Waals surface area contributed by atoms with Crippen LogP contribution in [0.2, 0.25) is 0 Å². The summed E-state index contributed by atoms with van der Waals surface area (Å²) in [7, 11) is 0. The molecular formula is CH2KNSW. The van der Waals surface area contributed by atoms with Crippen molar-refractivity contribution in [1.82, 2.24) is 0 Å². The molecule has 0 heterocycles. The van der Waals surface area contributed by atoms with Gasteiger partial charge in [0.1, 0.15) is 5.40 Å². The van der Waals surface area contributed by atoms with Crippen LogP contribution in [0.4, 0.5) is 0 Å². The summed E-state index contributed by atoms with van der Waals surface area (Å²) in [5, 5.41) is 8.63. The van der Waals surface area contributed by atoms with Crippen LogP contribution in [-0.4, -0.2) is 0 Å². The molecule has 0 atom stereocenters. The third-order valence-corrected chi connectivity index (χ3v) is 0. The van der Waals surface area contributed by atoms with Gasteiger partial charge in [0, 0.05) is 21.1 Å². The second kappa shape index (κ2) is 16.4. The van der Waals surface area contributed by atoms with Gasteiger partial charge in [0.15, 0.2) is 0 Å². The van der Waals surface area contributed by atoms with Gasteiger partial charge in [-0.05, 0) is 0 Å². The molecule has 0 saturated carbocycles. The van der Waals surface area contributed by atoms with Crippen molar-refractivity contribution in [2.24, 2.45) is 0 Å². The number of thiol groups is 1. The van der Waals surface area contributed by atoms with Crippen LogP contribution >= 0.6 is 12.6 Å². The fraction of sp³-hybridized carbons (Fsp3) is 0. The monoisotopic (exact) mass is 283 g/mol. The summed E-state index contributed by atoms with van der Waals surface area (Å²) in [6.07, 6.45) is 0. The molecule has 0 aliphatic heterocycles. The average molecular weight is 283 g/mol. The molecule has 0 radical (unpaired) electrons. The molecule has 24 valence electrons. The third-order valence-electron chi connectivity index (χ3n) is 0. The molecule has 0 saturated heterocycles. The largest absolute Gasteiger partial charge is 1.00 e. The van der Waals surface area contributed by atoms with Crippen molar-refractivity contribution in [2.75, 3.05) is 0 Å². The summed E-state index contributed by atoms with van der Waals surface area (Å²) in [6.45, 7) is 0. The maximum absolute atomic E-state index is 7.18. The average Bonchev–Trinajstić information content (AvgIpc) is 0.918. The smallest absolute Gasteiger partial charge is 1.00 e. The zero-order valence-corrected chi connectivity index (χ0v) is 9.75. The van der Waals surface area contributed by atoms with Crippen LogP contribution in [0.25, 0.3) is 0 Å². The number of thiocyanates is 1. The Morgan fingerprint density at radius 1 is 1.80 bits per heavy atom. The number of nitriles is 1. The van der Waals surface area contributed by atoms with E-state index in [1.54, 1.807) is 0 Å². The second-order valence-electron chi connectivity index (χ2n) is 0.100. The van der Waals surface area contributed by atoms with Gasteiger partial charge in [0.25, 0.3) is 0 Å². The summed E-state index contributed by atoms with van der Waals surface area (Å²) in [5.41, 5.74) is 0. The molecule has 0 aliphatic carbocycles. The topological polar surface area (TPSA) is 23.8 Å². The molecule has 0 unspecified atom stereocenters. The van der Waals surface area contributed by atoms with Gasteiger partial charge in [0.2, 0.25) is 0 Å². The van der Waals surface area contributed by atoms with Gasteiger partial charge in [-0.25, -0.2) is 0 Å². The van der Waals surface area contributed by atoms with E-state index < -0.39 is 0 Å². The minimum atomic E-state index is 0. The Kier molecular flexibility index (Phi) is 51.5. The molecule has 4 heteroatoms. The Hall–Kier alpha value is 2.16. The van der Waals surface area contributed by atoms with E-state index in [1.807, 2.05) is 0 Å². The molecule has 0 N–H and O–H groups in total. The Balaban J connectivity index is -0.00000000667. The minimum Gasteiger partial charge on any atom is -1.00 e. The van der Waals surface area contributed by atoms with E-state index in [1.165, 1.54) is 5.40 Å². The van der Waals surface area contributed by atoms with Crippen LogP contribution < -0.4 is 51.4 Å². The Labute approximate surface area is 95.1 Å². The van der Waals surface area contributed by atoms with Gasteiger partial charge in [-0.15, -0.1) is 0 Å². The van der Waals surface area contributed by atoms with Gasteiger partial charge in [0.05, 0.1) is 0 Å². The van der Waals surface area contributed by atoms with E-state index in [0.29, 0.717) is 0 Å². The first kappa shape index (κ1) is 15.7. The Bertz CT molecular complexity index is 37.0. The van der Waals surface area contributed by atoms with Gasteiger partial charge in [-0.1, -0.05) is 12.6 Å². The van der Waals surface area contributed by atoms with Gasteiger partial charge in [-0.2, -0.15) is 5.26 Å². The fourth-order valence-electron chi connectivity index (χ4n) is 0. The molecule has 1 nitrogen and oxygen atoms in total. The SMILES string of the molecule is N#CS.[H-].[K+].[W]. The molecule has 0 amide bonds. The summed E-state index contributed by atoms with van der Waals surface area (Å²) < 4.78 is 0. The molecular weight excluding hydrogens is 281 g/mol. The Morgan fingerprint density at radius 2 is 1.80 bits per heavy atom. The number of hydrogen-bond acceptors (Lipinski definition) is 2. The van der Waals surface area contributed by atoms with E-state index in [-0.39, 0.29) is 73.9 Å². The quantitative estimate of drug-likeness (QED) is 0.297. The standard InChI is InChI=1S/CHNS.K.W.H/c2-1-3;;;/h3H;;;/q;+1;;-1. The summed E-state index contributed by atoms with van der Waals surface area (Å²) in [4.78, 5) is 0. The van der Waals surface area contributed by atoms with E-state index in [9.17, 15) is 0 Å². The molecule has 0 aromatic carbocycles. The number of hydrogen-bond donors (Lipinski definition) is 1. The Morgan fingerprint density at radius 3 is 1.80 bits per heavy atom. The van der Waals surface area contributed by atoms with Crippen LogP contribution in [0.15, 0.2) is 0 Å². The van der Waals surface area contributed by atoms with Crippen molar-refractivity contribution >= 4 is 12.6 Å². The molecule has 5 heavy (non-hydrogen) atoms. The first-order valence-electron chi connectivity index (χ1n) is 0.447. The molecule has 0 spiro atoms. The van der Waals surface area contributed by atoms with Crippen LogP contribution in [-0.2, 0) is 21.1 Å². The van der Waals surface area contributed by atoms with Crippen LogP contribution in [0.5, 0.6) is 0 Å². The molecule has 0 aliphatic rings. The zero-order valence-electron chi connectivity index (χ0n) is 3.80. The fourth-order valence-corrected chi connectivity index (χ4v) is 0. The van der Waals surface area contributed by atoms with Crippen molar-refractivity contribution in [2.45, 2.75) is 0 Å². The van der Waals surface area contributed by atoms with E-state index in [0.717, 1.165) is 0 Å². The predicted molar refractivity (Wildman–Crippen MR) is 15.7 cm³/mol. The molecule has 0 fully saturated rings. The zero-order chi connectivity index (χ0) is 2.71. The van der Waals surface area contributed by atoms with Gasteiger partial charge in [-0.3, -0.25) is 0 Å². The van der Waals surface area contributed by atoms with Gasteiger partial charge < -0.3 is 1.43 Å². The van der Waals surface area contributed by atoms with E-state index in [4.69, 9.17) is 5.26 Å². The summed E-state index contributed by atoms with van der Waals surface area (Å²) in [6, 6.07) is 0. The van der Waals surface area contributed by atoms with Crippen molar-refractivity contribution < 1.29 is 73.9 Å². The van der Waals surface area contributed by atoms with Crippen molar-refractivity contribution in [3.8, 4) is 5.40 Å². The predicted octanol–water partition coefficient (Wildman–Crippen LogP) is -2.49.